The molecule has 0 bridgehead atoms. The number of rotatable bonds is 4. The fourth-order valence-electron chi connectivity index (χ4n) is 2.41. The van der Waals surface area contributed by atoms with E-state index in [-0.39, 0.29) is 0 Å². The fraction of sp³-hybridized carbons (Fsp3) is 0.0588. The molecule has 0 aliphatic heterocycles. The second-order valence-corrected chi connectivity index (χ2v) is 4.89. The third kappa shape index (κ3) is 3.00. The molecule has 0 unspecified atom stereocenters. The van der Waals surface area contributed by atoms with Crippen molar-refractivity contribution in [3.05, 3.63) is 87.7 Å². The van der Waals surface area contributed by atoms with E-state index in [0.717, 1.165) is 29.1 Å². The maximum Gasteiger partial charge on any atom is 0.235 e. The molecule has 1 aromatic heterocycles. The smallest absolute Gasteiger partial charge is 0.235 e. The van der Waals surface area contributed by atoms with Crippen molar-refractivity contribution in [1.82, 2.24) is 4.98 Å². The summed E-state index contributed by atoms with van der Waals surface area (Å²) in [5.74, 6) is 0. The lowest BCUT2D eigenvalue weighted by Gasteiger charge is -2.02. The van der Waals surface area contributed by atoms with E-state index in [9.17, 15) is 10.1 Å². The van der Waals surface area contributed by atoms with Crippen LogP contribution in [0.4, 0.5) is 0 Å². The molecule has 1 heterocycles. The molecule has 0 radical (unpaired) electrons. The maximum absolute atomic E-state index is 10.4. The fourth-order valence-corrected chi connectivity index (χ4v) is 2.41. The van der Waals surface area contributed by atoms with Crippen molar-refractivity contribution < 1.29 is 4.92 Å². The molecule has 0 atom stereocenters. The summed E-state index contributed by atoms with van der Waals surface area (Å²) < 4.78 is 0. The van der Waals surface area contributed by atoms with Gasteiger partial charge < -0.3 is 4.98 Å². The van der Waals surface area contributed by atoms with E-state index >= 15 is 0 Å². The zero-order valence-electron chi connectivity index (χ0n) is 11.3. The number of hydrogen-bond donors (Lipinski definition) is 1. The quantitative estimate of drug-likeness (QED) is 0.579. The molecule has 4 heteroatoms. The molecular formula is C17H14N2O2. The zero-order chi connectivity index (χ0) is 14.7. The molecule has 0 saturated carbocycles. The second kappa shape index (κ2) is 5.63. The minimum atomic E-state index is -0.452. The number of nitro groups is 1. The topological polar surface area (TPSA) is 58.9 Å². The molecule has 4 nitrogen and oxygen atoms in total. The first-order valence-corrected chi connectivity index (χ1v) is 6.68. The lowest BCUT2D eigenvalue weighted by molar-refractivity contribution is -0.400. The van der Waals surface area contributed by atoms with E-state index in [0.29, 0.717) is 0 Å². The number of fused-ring (bicyclic) bond motifs is 1. The Bertz CT molecular complexity index is 804. The van der Waals surface area contributed by atoms with E-state index in [1.54, 1.807) is 6.20 Å². The summed E-state index contributed by atoms with van der Waals surface area (Å²) in [7, 11) is 0. The number of benzene rings is 2. The lowest BCUT2D eigenvalue weighted by atomic mass is 10.0. The first-order valence-electron chi connectivity index (χ1n) is 6.68. The van der Waals surface area contributed by atoms with E-state index < -0.39 is 4.92 Å². The van der Waals surface area contributed by atoms with Crippen LogP contribution in [0.15, 0.2) is 60.9 Å². The third-order valence-corrected chi connectivity index (χ3v) is 3.41. The van der Waals surface area contributed by atoms with Crippen LogP contribution in [0, 0.1) is 10.1 Å². The van der Waals surface area contributed by atoms with Gasteiger partial charge in [0.1, 0.15) is 0 Å². The Labute approximate surface area is 121 Å². The Kier molecular flexibility index (Phi) is 3.51. The van der Waals surface area contributed by atoms with Crippen LogP contribution in [-0.4, -0.2) is 9.91 Å². The van der Waals surface area contributed by atoms with Gasteiger partial charge in [0.15, 0.2) is 0 Å². The van der Waals surface area contributed by atoms with Crippen molar-refractivity contribution in [2.24, 2.45) is 0 Å². The van der Waals surface area contributed by atoms with E-state index in [4.69, 9.17) is 0 Å². The van der Waals surface area contributed by atoms with E-state index in [2.05, 4.69) is 29.2 Å². The highest BCUT2D eigenvalue weighted by Crippen LogP contribution is 2.22. The van der Waals surface area contributed by atoms with Gasteiger partial charge in [0.2, 0.25) is 6.20 Å². The molecule has 1 N–H and O–H groups in total. The van der Waals surface area contributed by atoms with E-state index in [1.807, 2.05) is 24.3 Å². The number of aromatic nitrogens is 1. The van der Waals surface area contributed by atoms with Gasteiger partial charge in [0.25, 0.3) is 0 Å². The van der Waals surface area contributed by atoms with Gasteiger partial charge in [-0.25, -0.2) is 0 Å². The summed E-state index contributed by atoms with van der Waals surface area (Å²) in [6, 6.07) is 16.4. The Morgan fingerprint density at radius 1 is 1.10 bits per heavy atom. The number of aromatic amines is 1. The van der Waals surface area contributed by atoms with Crippen molar-refractivity contribution >= 4 is 17.0 Å². The first-order chi connectivity index (χ1) is 10.2. The van der Waals surface area contributed by atoms with Gasteiger partial charge in [-0.3, -0.25) is 10.1 Å². The van der Waals surface area contributed by atoms with Crippen molar-refractivity contribution in [2.75, 3.05) is 0 Å². The highest BCUT2D eigenvalue weighted by Gasteiger charge is 2.04. The second-order valence-electron chi connectivity index (χ2n) is 4.89. The third-order valence-electron chi connectivity index (χ3n) is 3.41. The van der Waals surface area contributed by atoms with Crippen molar-refractivity contribution in [3.8, 4) is 0 Å². The van der Waals surface area contributed by atoms with Gasteiger partial charge >= 0.3 is 0 Å². The van der Waals surface area contributed by atoms with Gasteiger partial charge in [-0.1, -0.05) is 36.4 Å². The summed E-state index contributed by atoms with van der Waals surface area (Å²) in [4.78, 5) is 13.1. The highest BCUT2D eigenvalue weighted by atomic mass is 16.6. The molecule has 0 aliphatic rings. The van der Waals surface area contributed by atoms with Gasteiger partial charge in [0, 0.05) is 28.7 Å². The summed E-state index contributed by atoms with van der Waals surface area (Å²) in [5, 5.41) is 11.4. The molecule has 0 saturated heterocycles. The van der Waals surface area contributed by atoms with Crippen LogP contribution < -0.4 is 0 Å². The zero-order valence-corrected chi connectivity index (χ0v) is 11.3. The Balaban J connectivity index is 1.95. The average Bonchev–Trinajstić information content (AvgIpc) is 2.88. The first kappa shape index (κ1) is 13.1. The number of nitrogens with zero attached hydrogens (tertiary/aromatic N) is 1. The highest BCUT2D eigenvalue weighted by molar-refractivity contribution is 5.89. The van der Waals surface area contributed by atoms with Crippen LogP contribution in [0.25, 0.3) is 17.0 Å². The minimum absolute atomic E-state index is 0.452. The van der Waals surface area contributed by atoms with Crippen LogP contribution in [0.1, 0.15) is 16.7 Å². The predicted octanol–water partition coefficient (Wildman–Crippen LogP) is 4.01. The minimum Gasteiger partial charge on any atom is -0.361 e. The lowest BCUT2D eigenvalue weighted by Crippen LogP contribution is -1.87. The number of nitrogens with one attached hydrogen (secondary N) is 1. The molecule has 0 fully saturated rings. The molecule has 2 aromatic carbocycles. The average molecular weight is 278 g/mol. The van der Waals surface area contributed by atoms with Gasteiger partial charge in [0.05, 0.1) is 4.92 Å². The largest absolute Gasteiger partial charge is 0.361 e. The summed E-state index contributed by atoms with van der Waals surface area (Å²) in [6.45, 7) is 0. The van der Waals surface area contributed by atoms with Crippen LogP contribution in [0.5, 0.6) is 0 Å². The number of H-pyrrole nitrogens is 1. The predicted molar refractivity (Wildman–Crippen MR) is 83.6 cm³/mol. The monoisotopic (exact) mass is 278 g/mol. The van der Waals surface area contributed by atoms with Gasteiger partial charge in [-0.15, -0.1) is 0 Å². The van der Waals surface area contributed by atoms with Crippen LogP contribution in [0.3, 0.4) is 0 Å². The van der Waals surface area contributed by atoms with Gasteiger partial charge in [-0.2, -0.15) is 0 Å². The normalized spacial score (nSPS) is 11.2. The van der Waals surface area contributed by atoms with Crippen molar-refractivity contribution in [1.29, 1.82) is 0 Å². The van der Waals surface area contributed by atoms with Crippen LogP contribution >= 0.6 is 0 Å². The van der Waals surface area contributed by atoms with E-state index in [1.165, 1.54) is 17.2 Å². The Morgan fingerprint density at radius 3 is 2.67 bits per heavy atom. The standard InChI is InChI=1S/C17H14N2O2/c20-19(21)9-8-15-12-18-17-7-6-14(11-16(15)17)10-13-4-2-1-3-5-13/h1-9,11-12,18H,10H2/b9-8+. The molecule has 104 valence electrons. The maximum atomic E-state index is 10.4. The molecule has 3 rings (SSSR count). The molecule has 0 spiro atoms. The Hall–Kier alpha value is -2.88. The molecular weight excluding hydrogens is 264 g/mol. The van der Waals surface area contributed by atoms with Gasteiger partial charge in [-0.05, 0) is 29.7 Å². The summed E-state index contributed by atoms with van der Waals surface area (Å²) in [5.41, 5.74) is 4.24. The van der Waals surface area contributed by atoms with Crippen LogP contribution in [0.2, 0.25) is 0 Å². The molecule has 0 aliphatic carbocycles. The summed E-state index contributed by atoms with van der Waals surface area (Å²) >= 11 is 0. The summed E-state index contributed by atoms with van der Waals surface area (Å²) in [6.07, 6.45) is 5.12. The molecule has 3 aromatic rings. The van der Waals surface area contributed by atoms with Crippen LogP contribution in [-0.2, 0) is 6.42 Å². The van der Waals surface area contributed by atoms with Crippen molar-refractivity contribution in [3.63, 3.8) is 0 Å². The van der Waals surface area contributed by atoms with Crippen molar-refractivity contribution in [2.45, 2.75) is 6.42 Å². The molecule has 0 amide bonds. The number of hydrogen-bond acceptors (Lipinski definition) is 2. The molecule has 21 heavy (non-hydrogen) atoms. The SMILES string of the molecule is O=[N+]([O-])/C=C/c1c[nH]c2ccc(Cc3ccccc3)cc12. The Morgan fingerprint density at radius 2 is 1.90 bits per heavy atom.